The minimum atomic E-state index is -3.06. The van der Waals surface area contributed by atoms with E-state index < -0.39 is 15.7 Å². The smallest absolute Gasteiger partial charge is 0.150 e. The van der Waals surface area contributed by atoms with Crippen molar-refractivity contribution in [2.75, 3.05) is 18.6 Å². The zero-order chi connectivity index (χ0) is 11.5. The highest BCUT2D eigenvalue weighted by molar-refractivity contribution is 7.90. The Morgan fingerprint density at radius 1 is 1.47 bits per heavy atom. The molecule has 0 aliphatic carbocycles. The fourth-order valence-electron chi connectivity index (χ4n) is 0.878. The maximum absolute atomic E-state index is 12.9. The zero-order valence-corrected chi connectivity index (χ0v) is 9.61. The van der Waals surface area contributed by atoms with E-state index in [1.165, 1.54) is 12.1 Å². The maximum atomic E-state index is 12.9. The molecule has 0 N–H and O–H groups in total. The summed E-state index contributed by atoms with van der Waals surface area (Å²) < 4.78 is 39.5. The van der Waals surface area contributed by atoms with Crippen LogP contribution in [0.15, 0.2) is 18.2 Å². The van der Waals surface area contributed by atoms with Gasteiger partial charge in [-0.3, -0.25) is 0 Å². The molecule has 1 aromatic rings. The van der Waals surface area contributed by atoms with Crippen LogP contribution in [0, 0.1) is 5.82 Å². The largest absolute Gasteiger partial charge is 0.492 e. The van der Waals surface area contributed by atoms with Crippen LogP contribution < -0.4 is 4.74 Å². The highest BCUT2D eigenvalue weighted by Crippen LogP contribution is 2.20. The van der Waals surface area contributed by atoms with Gasteiger partial charge >= 0.3 is 0 Å². The van der Waals surface area contributed by atoms with Gasteiger partial charge in [0.25, 0.3) is 0 Å². The van der Waals surface area contributed by atoms with E-state index in [0.29, 0.717) is 0 Å². The SMILES string of the molecule is CS(=O)(=O)CCOc1ccc(Cl)c(F)c1. The number of hydrogen-bond acceptors (Lipinski definition) is 3. The van der Waals surface area contributed by atoms with Gasteiger partial charge in [-0.25, -0.2) is 12.8 Å². The van der Waals surface area contributed by atoms with E-state index in [0.717, 1.165) is 12.3 Å². The maximum Gasteiger partial charge on any atom is 0.150 e. The first-order chi connectivity index (χ1) is 6.88. The summed E-state index contributed by atoms with van der Waals surface area (Å²) in [6.07, 6.45) is 1.11. The number of ether oxygens (including phenoxy) is 1. The minimum absolute atomic E-state index is 0.0000935. The Morgan fingerprint density at radius 2 is 2.13 bits per heavy atom. The van der Waals surface area contributed by atoms with Crippen molar-refractivity contribution in [3.05, 3.63) is 29.0 Å². The molecule has 0 aliphatic heterocycles. The third-order valence-corrected chi connectivity index (χ3v) is 2.83. The van der Waals surface area contributed by atoms with Gasteiger partial charge < -0.3 is 4.74 Å². The molecule has 84 valence electrons. The molecule has 3 nitrogen and oxygen atoms in total. The molecule has 0 radical (unpaired) electrons. The fourth-order valence-corrected chi connectivity index (χ4v) is 1.38. The van der Waals surface area contributed by atoms with Crippen LogP contribution in [-0.4, -0.2) is 27.0 Å². The Labute approximate surface area is 92.7 Å². The van der Waals surface area contributed by atoms with Crippen LogP contribution in [-0.2, 0) is 9.84 Å². The second kappa shape index (κ2) is 4.81. The number of rotatable bonds is 4. The van der Waals surface area contributed by atoms with Crippen molar-refractivity contribution in [1.82, 2.24) is 0 Å². The van der Waals surface area contributed by atoms with Crippen molar-refractivity contribution < 1.29 is 17.5 Å². The predicted molar refractivity (Wildman–Crippen MR) is 56.6 cm³/mol. The Morgan fingerprint density at radius 3 is 2.67 bits per heavy atom. The molecule has 0 amide bonds. The Bertz CT molecular complexity index is 445. The van der Waals surface area contributed by atoms with Gasteiger partial charge in [0.15, 0.2) is 9.84 Å². The van der Waals surface area contributed by atoms with Crippen LogP contribution in [0.2, 0.25) is 5.02 Å². The average molecular weight is 253 g/mol. The Hall–Kier alpha value is -0.810. The number of sulfone groups is 1. The van der Waals surface area contributed by atoms with Crippen molar-refractivity contribution in [2.45, 2.75) is 0 Å². The molecule has 0 fully saturated rings. The van der Waals surface area contributed by atoms with Crippen LogP contribution in [0.4, 0.5) is 4.39 Å². The monoisotopic (exact) mass is 252 g/mol. The molecular weight excluding hydrogens is 243 g/mol. The van der Waals surface area contributed by atoms with E-state index in [1.807, 2.05) is 0 Å². The van der Waals surface area contributed by atoms with Gasteiger partial charge in [-0.2, -0.15) is 0 Å². The van der Waals surface area contributed by atoms with E-state index in [9.17, 15) is 12.8 Å². The third-order valence-electron chi connectivity index (χ3n) is 1.61. The molecule has 15 heavy (non-hydrogen) atoms. The van der Waals surface area contributed by atoms with Gasteiger partial charge in [-0.05, 0) is 12.1 Å². The summed E-state index contributed by atoms with van der Waals surface area (Å²) in [6.45, 7) is -0.0000935. The Kier molecular flexibility index (Phi) is 3.93. The summed E-state index contributed by atoms with van der Waals surface area (Å²) in [5, 5.41) is 0.00506. The lowest BCUT2D eigenvalue weighted by molar-refractivity contribution is 0.339. The normalized spacial score (nSPS) is 11.4. The highest BCUT2D eigenvalue weighted by Gasteiger charge is 2.04. The average Bonchev–Trinajstić information content (AvgIpc) is 2.09. The molecule has 0 aromatic heterocycles. The molecule has 0 saturated carbocycles. The Balaban J connectivity index is 2.55. The highest BCUT2D eigenvalue weighted by atomic mass is 35.5. The number of hydrogen-bond donors (Lipinski definition) is 0. The predicted octanol–water partition coefficient (Wildman–Crippen LogP) is 1.90. The van der Waals surface area contributed by atoms with Crippen LogP contribution >= 0.6 is 11.6 Å². The second-order valence-corrected chi connectivity index (χ2v) is 5.72. The first-order valence-corrected chi connectivity index (χ1v) is 6.58. The van der Waals surface area contributed by atoms with Crippen molar-refractivity contribution in [2.24, 2.45) is 0 Å². The van der Waals surface area contributed by atoms with Crippen LogP contribution in [0.25, 0.3) is 0 Å². The lowest BCUT2D eigenvalue weighted by Crippen LogP contribution is -2.12. The fraction of sp³-hybridized carbons (Fsp3) is 0.333. The van der Waals surface area contributed by atoms with Gasteiger partial charge in [0.05, 0.1) is 10.8 Å². The van der Waals surface area contributed by atoms with Gasteiger partial charge in [-0.1, -0.05) is 11.6 Å². The van der Waals surface area contributed by atoms with Crippen molar-refractivity contribution >= 4 is 21.4 Å². The van der Waals surface area contributed by atoms with E-state index in [1.54, 1.807) is 0 Å². The van der Waals surface area contributed by atoms with E-state index in [-0.39, 0.29) is 23.1 Å². The first-order valence-electron chi connectivity index (χ1n) is 4.14. The quantitative estimate of drug-likeness (QED) is 0.822. The third kappa shape index (κ3) is 4.48. The second-order valence-electron chi connectivity index (χ2n) is 3.05. The molecule has 0 heterocycles. The molecule has 0 spiro atoms. The van der Waals surface area contributed by atoms with Gasteiger partial charge in [0.2, 0.25) is 0 Å². The standard InChI is InChI=1S/C9H10ClFO3S/c1-15(12,13)5-4-14-7-2-3-8(10)9(11)6-7/h2-3,6H,4-5H2,1H3. The molecule has 0 aliphatic rings. The van der Waals surface area contributed by atoms with Crippen molar-refractivity contribution in [3.8, 4) is 5.75 Å². The van der Waals surface area contributed by atoms with Gasteiger partial charge in [0, 0.05) is 12.3 Å². The summed E-state index contributed by atoms with van der Waals surface area (Å²) in [7, 11) is -3.06. The molecule has 0 unspecified atom stereocenters. The van der Waals surface area contributed by atoms with Crippen LogP contribution in [0.5, 0.6) is 5.75 Å². The van der Waals surface area contributed by atoms with Crippen LogP contribution in [0.1, 0.15) is 0 Å². The van der Waals surface area contributed by atoms with E-state index >= 15 is 0 Å². The minimum Gasteiger partial charge on any atom is -0.492 e. The van der Waals surface area contributed by atoms with E-state index in [2.05, 4.69) is 0 Å². The summed E-state index contributed by atoms with van der Waals surface area (Å²) in [5.74, 6) is -0.425. The molecule has 0 bridgehead atoms. The summed E-state index contributed by atoms with van der Waals surface area (Å²) in [5.41, 5.74) is 0. The summed E-state index contributed by atoms with van der Waals surface area (Å²) in [6, 6.07) is 3.95. The lowest BCUT2D eigenvalue weighted by atomic mass is 10.3. The summed E-state index contributed by atoms with van der Waals surface area (Å²) in [4.78, 5) is 0. The first kappa shape index (κ1) is 12.3. The molecule has 6 heteroatoms. The molecule has 1 aromatic carbocycles. The van der Waals surface area contributed by atoms with Crippen LogP contribution in [0.3, 0.4) is 0 Å². The van der Waals surface area contributed by atoms with Crippen molar-refractivity contribution in [3.63, 3.8) is 0 Å². The van der Waals surface area contributed by atoms with E-state index in [4.69, 9.17) is 16.3 Å². The molecule has 0 atom stereocenters. The topological polar surface area (TPSA) is 43.4 Å². The molecule has 0 saturated heterocycles. The zero-order valence-electron chi connectivity index (χ0n) is 8.04. The van der Waals surface area contributed by atoms with Gasteiger partial charge in [-0.15, -0.1) is 0 Å². The molecular formula is C9H10ClFO3S. The molecule has 1 rings (SSSR count). The lowest BCUT2D eigenvalue weighted by Gasteiger charge is -2.05. The summed E-state index contributed by atoms with van der Waals surface area (Å²) >= 11 is 5.46. The number of benzene rings is 1. The van der Waals surface area contributed by atoms with Gasteiger partial charge in [0.1, 0.15) is 18.2 Å². The number of halogens is 2. The van der Waals surface area contributed by atoms with Crippen molar-refractivity contribution in [1.29, 1.82) is 0 Å².